The number of carboxylic acid groups (broad SMARTS) is 4. The smallest absolute Gasteiger partial charge is 0.345 e. The first-order valence-electron chi connectivity index (χ1n) is 5.34. The third-order valence-electron chi connectivity index (χ3n) is 2.20. The summed E-state index contributed by atoms with van der Waals surface area (Å²) in [6.45, 7) is 0. The highest BCUT2D eigenvalue weighted by molar-refractivity contribution is 5.88. The highest BCUT2D eigenvalue weighted by atomic mass is 16.6. The molecule has 0 aromatic heterocycles. The average molecular weight is 308 g/mol. The molecule has 0 aliphatic heterocycles. The van der Waals surface area contributed by atoms with Crippen LogP contribution in [-0.4, -0.2) is 67.6 Å². The third kappa shape index (κ3) is 6.33. The number of hydrogen-bond donors (Lipinski definition) is 5. The summed E-state index contributed by atoms with van der Waals surface area (Å²) < 4.78 is 4.20. The van der Waals surface area contributed by atoms with Crippen molar-refractivity contribution >= 4 is 29.8 Å². The van der Waals surface area contributed by atoms with E-state index in [9.17, 15) is 24.0 Å². The van der Waals surface area contributed by atoms with Crippen LogP contribution in [0.2, 0.25) is 0 Å². The van der Waals surface area contributed by atoms with Crippen LogP contribution in [0.15, 0.2) is 0 Å². The summed E-state index contributed by atoms with van der Waals surface area (Å²) in [5.74, 6) is -10.8. The lowest BCUT2D eigenvalue weighted by molar-refractivity contribution is -0.180. The summed E-state index contributed by atoms with van der Waals surface area (Å²) in [7, 11) is 0. The minimum absolute atomic E-state index is 1.08. The molecule has 0 aliphatic rings. The molecule has 0 rings (SSSR count). The largest absolute Gasteiger partial charge is 0.481 e. The van der Waals surface area contributed by atoms with Crippen LogP contribution < -0.4 is 0 Å². The number of aliphatic carboxylic acids is 4. The molecule has 0 aliphatic carbocycles. The number of rotatable bonds is 9. The normalized spacial score (nSPS) is 14.5. The molecule has 0 saturated carbocycles. The Morgan fingerprint density at radius 1 is 0.810 bits per heavy atom. The van der Waals surface area contributed by atoms with Gasteiger partial charge in [-0.2, -0.15) is 0 Å². The Labute approximate surface area is 116 Å². The van der Waals surface area contributed by atoms with E-state index in [-0.39, 0.29) is 0 Å². The molecule has 0 amide bonds. The molecule has 5 N–H and O–H groups in total. The van der Waals surface area contributed by atoms with E-state index in [0.29, 0.717) is 0 Å². The maximum absolute atomic E-state index is 11.3. The first kappa shape index (κ1) is 18.3. The van der Waals surface area contributed by atoms with Gasteiger partial charge in [-0.25, -0.2) is 9.59 Å². The molecule has 0 aromatic rings. The van der Waals surface area contributed by atoms with Gasteiger partial charge < -0.3 is 30.3 Å². The van der Waals surface area contributed by atoms with Crippen LogP contribution in [-0.2, 0) is 28.7 Å². The molecular weight excluding hydrogens is 296 g/mol. The van der Waals surface area contributed by atoms with E-state index in [1.165, 1.54) is 0 Å². The molecular formula is C10H12O11. The molecule has 3 unspecified atom stereocenters. The Morgan fingerprint density at radius 3 is 1.62 bits per heavy atom. The van der Waals surface area contributed by atoms with Crippen LogP contribution in [0.25, 0.3) is 0 Å². The van der Waals surface area contributed by atoms with Gasteiger partial charge in [-0.05, 0) is 0 Å². The molecule has 0 heterocycles. The van der Waals surface area contributed by atoms with Crippen molar-refractivity contribution < 1.29 is 54.2 Å². The molecule has 0 aromatic carbocycles. The Kier molecular flexibility index (Phi) is 6.79. The minimum atomic E-state index is -2.38. The van der Waals surface area contributed by atoms with E-state index in [0.717, 1.165) is 0 Å². The first-order valence-corrected chi connectivity index (χ1v) is 5.34. The molecule has 0 saturated heterocycles. The summed E-state index contributed by atoms with van der Waals surface area (Å²) in [6, 6.07) is 0. The van der Waals surface area contributed by atoms with Crippen molar-refractivity contribution in [3.8, 4) is 0 Å². The minimum Gasteiger partial charge on any atom is -0.481 e. The molecule has 11 heteroatoms. The standard InChI is InChI=1S/C10H12O11/c11-4(2-6(14)15)10(20)21-7(9(18)19)3(8(16)17)1-5(12)13/h3-4,7,11H,1-2H2,(H,12,13)(H,14,15)(H,16,17)(H,18,19). The molecule has 0 radical (unpaired) electrons. The zero-order valence-corrected chi connectivity index (χ0v) is 10.3. The van der Waals surface area contributed by atoms with E-state index < -0.39 is 60.8 Å². The number of aliphatic hydroxyl groups excluding tert-OH is 1. The Balaban J connectivity index is 5.08. The summed E-state index contributed by atoms with van der Waals surface area (Å²) in [5.41, 5.74) is 0. The second-order valence-corrected chi connectivity index (χ2v) is 3.85. The number of esters is 1. The van der Waals surface area contributed by atoms with Gasteiger partial charge in [0.1, 0.15) is 5.92 Å². The van der Waals surface area contributed by atoms with Crippen molar-refractivity contribution in [3.05, 3.63) is 0 Å². The van der Waals surface area contributed by atoms with Crippen molar-refractivity contribution in [1.82, 2.24) is 0 Å². The number of carbonyl (C=O) groups excluding carboxylic acids is 1. The lowest BCUT2D eigenvalue weighted by atomic mass is 9.98. The van der Waals surface area contributed by atoms with Crippen LogP contribution >= 0.6 is 0 Å². The van der Waals surface area contributed by atoms with Crippen molar-refractivity contribution in [2.24, 2.45) is 5.92 Å². The van der Waals surface area contributed by atoms with Gasteiger partial charge in [0.25, 0.3) is 0 Å². The maximum Gasteiger partial charge on any atom is 0.345 e. The average Bonchev–Trinajstić information content (AvgIpc) is 2.31. The van der Waals surface area contributed by atoms with Gasteiger partial charge in [-0.1, -0.05) is 0 Å². The highest BCUT2D eigenvalue weighted by Gasteiger charge is 2.40. The zero-order chi connectivity index (χ0) is 16.7. The van der Waals surface area contributed by atoms with Crippen molar-refractivity contribution in [3.63, 3.8) is 0 Å². The summed E-state index contributed by atoms with van der Waals surface area (Å²) in [6.07, 6.45) is -6.81. The van der Waals surface area contributed by atoms with Gasteiger partial charge in [-0.15, -0.1) is 0 Å². The maximum atomic E-state index is 11.3. The van der Waals surface area contributed by atoms with Crippen LogP contribution in [0.1, 0.15) is 12.8 Å². The Hall–Kier alpha value is -2.69. The predicted octanol–water partition coefficient (Wildman–Crippen LogP) is -2.01. The summed E-state index contributed by atoms with van der Waals surface area (Å²) in [5, 5.41) is 43.5. The van der Waals surface area contributed by atoms with E-state index in [1.54, 1.807) is 0 Å². The van der Waals surface area contributed by atoms with Crippen LogP contribution in [0.4, 0.5) is 0 Å². The van der Waals surface area contributed by atoms with E-state index in [2.05, 4.69) is 4.74 Å². The fraction of sp³-hybridized carbons (Fsp3) is 0.500. The molecule has 118 valence electrons. The lowest BCUT2D eigenvalue weighted by Gasteiger charge is -2.20. The van der Waals surface area contributed by atoms with Crippen molar-refractivity contribution in [1.29, 1.82) is 0 Å². The van der Waals surface area contributed by atoms with Crippen molar-refractivity contribution in [2.75, 3.05) is 0 Å². The number of carbonyl (C=O) groups is 5. The highest BCUT2D eigenvalue weighted by Crippen LogP contribution is 2.15. The van der Waals surface area contributed by atoms with Gasteiger partial charge in [0.15, 0.2) is 6.10 Å². The van der Waals surface area contributed by atoms with Gasteiger partial charge >= 0.3 is 29.8 Å². The second-order valence-electron chi connectivity index (χ2n) is 3.85. The monoisotopic (exact) mass is 308 g/mol. The third-order valence-corrected chi connectivity index (χ3v) is 2.20. The number of aliphatic hydroxyl groups is 1. The SMILES string of the molecule is O=C(O)CC(O)C(=O)OC(C(=O)O)C(CC(=O)O)C(=O)O. The molecule has 11 nitrogen and oxygen atoms in total. The quantitative estimate of drug-likeness (QED) is 0.295. The lowest BCUT2D eigenvalue weighted by Crippen LogP contribution is -2.42. The van der Waals surface area contributed by atoms with Gasteiger partial charge in [0, 0.05) is 0 Å². The van der Waals surface area contributed by atoms with E-state index >= 15 is 0 Å². The fourth-order valence-corrected chi connectivity index (χ4v) is 1.27. The first-order chi connectivity index (χ1) is 9.56. The van der Waals surface area contributed by atoms with Crippen molar-refractivity contribution in [2.45, 2.75) is 25.0 Å². The van der Waals surface area contributed by atoms with E-state index in [4.69, 9.17) is 25.5 Å². The molecule has 0 spiro atoms. The number of carboxylic acids is 4. The Morgan fingerprint density at radius 2 is 1.29 bits per heavy atom. The van der Waals surface area contributed by atoms with Crippen LogP contribution in [0, 0.1) is 5.92 Å². The Bertz CT molecular complexity index is 454. The predicted molar refractivity (Wildman–Crippen MR) is 59.2 cm³/mol. The van der Waals surface area contributed by atoms with Crippen LogP contribution in [0.5, 0.6) is 0 Å². The topological polar surface area (TPSA) is 196 Å². The summed E-state index contributed by atoms with van der Waals surface area (Å²) >= 11 is 0. The molecule has 0 bridgehead atoms. The van der Waals surface area contributed by atoms with Gasteiger partial charge in [0.05, 0.1) is 12.8 Å². The molecule has 21 heavy (non-hydrogen) atoms. The van der Waals surface area contributed by atoms with Gasteiger partial charge in [-0.3, -0.25) is 14.4 Å². The zero-order valence-electron chi connectivity index (χ0n) is 10.3. The molecule has 0 fully saturated rings. The number of ether oxygens (including phenoxy) is 1. The fourth-order valence-electron chi connectivity index (χ4n) is 1.27. The molecule has 3 atom stereocenters. The second kappa shape index (κ2) is 7.79. The number of hydrogen-bond acceptors (Lipinski definition) is 7. The van der Waals surface area contributed by atoms with Gasteiger partial charge in [0.2, 0.25) is 6.10 Å². The van der Waals surface area contributed by atoms with E-state index in [1.807, 2.05) is 0 Å². The summed E-state index contributed by atoms with van der Waals surface area (Å²) in [4.78, 5) is 53.7. The van der Waals surface area contributed by atoms with Crippen LogP contribution in [0.3, 0.4) is 0 Å².